The van der Waals surface area contributed by atoms with E-state index in [-0.39, 0.29) is 5.97 Å². The van der Waals surface area contributed by atoms with Crippen LogP contribution in [0.2, 0.25) is 0 Å². The molecule has 5 nitrogen and oxygen atoms in total. The number of nitrogens with two attached hydrogens (primary N) is 1. The standard InChI is InChI=1S/C27H32N2O3/c1-5-6-7-11-23-25(21-12-14-22(15-13-21)27(31)32-4)24(26(28)30)19(3)29(23)17-20-10-8-9-18(2)16-20/h8-10,12-16H,5-7,11,17H2,1-4H3,(H2,28,30). The maximum atomic E-state index is 12.6. The molecule has 0 saturated carbocycles. The van der Waals surface area contributed by atoms with Crippen LogP contribution in [0.5, 0.6) is 0 Å². The molecule has 2 N–H and O–H groups in total. The highest BCUT2D eigenvalue weighted by molar-refractivity contribution is 6.02. The molecule has 0 atom stereocenters. The third kappa shape index (κ3) is 4.93. The first kappa shape index (κ1) is 23.3. The number of unbranched alkanes of at least 4 members (excludes halogenated alkanes) is 2. The Morgan fingerprint density at radius 3 is 2.34 bits per heavy atom. The van der Waals surface area contributed by atoms with Crippen LogP contribution in [0, 0.1) is 13.8 Å². The Balaban J connectivity index is 2.17. The minimum absolute atomic E-state index is 0.386. The largest absolute Gasteiger partial charge is 0.465 e. The summed E-state index contributed by atoms with van der Waals surface area (Å²) in [7, 11) is 1.36. The van der Waals surface area contributed by atoms with Crippen molar-refractivity contribution in [1.29, 1.82) is 0 Å². The van der Waals surface area contributed by atoms with Gasteiger partial charge in [-0.2, -0.15) is 0 Å². The molecule has 168 valence electrons. The summed E-state index contributed by atoms with van der Waals surface area (Å²) in [6.45, 7) is 6.90. The molecular weight excluding hydrogens is 400 g/mol. The van der Waals surface area contributed by atoms with Gasteiger partial charge in [-0.05, 0) is 49.9 Å². The van der Waals surface area contributed by atoms with Gasteiger partial charge in [-0.3, -0.25) is 4.79 Å². The lowest BCUT2D eigenvalue weighted by molar-refractivity contribution is 0.0600. The minimum Gasteiger partial charge on any atom is -0.465 e. The van der Waals surface area contributed by atoms with Gasteiger partial charge in [0.2, 0.25) is 0 Å². The van der Waals surface area contributed by atoms with E-state index in [1.165, 1.54) is 18.2 Å². The number of amides is 1. The van der Waals surface area contributed by atoms with E-state index < -0.39 is 5.91 Å². The fourth-order valence-electron chi connectivity index (χ4n) is 4.31. The number of aryl methyl sites for hydroxylation is 1. The van der Waals surface area contributed by atoms with Crippen LogP contribution in [0.25, 0.3) is 11.1 Å². The van der Waals surface area contributed by atoms with Gasteiger partial charge in [-0.15, -0.1) is 0 Å². The highest BCUT2D eigenvalue weighted by Gasteiger charge is 2.25. The smallest absolute Gasteiger partial charge is 0.337 e. The van der Waals surface area contributed by atoms with Crippen molar-refractivity contribution in [2.45, 2.75) is 53.0 Å². The molecule has 3 aromatic rings. The lowest BCUT2D eigenvalue weighted by atomic mass is 9.96. The zero-order chi connectivity index (χ0) is 23.3. The zero-order valence-corrected chi connectivity index (χ0v) is 19.4. The van der Waals surface area contributed by atoms with E-state index in [1.807, 2.05) is 19.1 Å². The Morgan fingerprint density at radius 2 is 1.75 bits per heavy atom. The SMILES string of the molecule is CCCCCc1c(-c2ccc(C(=O)OC)cc2)c(C(N)=O)c(C)n1Cc1cccc(C)c1. The Kier molecular flexibility index (Phi) is 7.52. The topological polar surface area (TPSA) is 74.3 Å². The number of ether oxygens (including phenoxy) is 1. The molecule has 3 rings (SSSR count). The molecule has 0 aliphatic carbocycles. The van der Waals surface area contributed by atoms with E-state index in [4.69, 9.17) is 10.5 Å². The van der Waals surface area contributed by atoms with E-state index in [1.54, 1.807) is 12.1 Å². The molecular formula is C27H32N2O3. The van der Waals surface area contributed by atoms with Crippen molar-refractivity contribution in [3.63, 3.8) is 0 Å². The number of aromatic nitrogens is 1. The zero-order valence-electron chi connectivity index (χ0n) is 19.4. The van der Waals surface area contributed by atoms with Crippen molar-refractivity contribution in [3.05, 3.63) is 82.2 Å². The summed E-state index contributed by atoms with van der Waals surface area (Å²) in [5.74, 6) is -0.822. The third-order valence-electron chi connectivity index (χ3n) is 5.91. The number of carbonyl (C=O) groups is 2. The monoisotopic (exact) mass is 432 g/mol. The van der Waals surface area contributed by atoms with E-state index in [0.717, 1.165) is 48.2 Å². The van der Waals surface area contributed by atoms with Crippen LogP contribution in [-0.4, -0.2) is 23.6 Å². The molecule has 1 amide bonds. The number of hydrogen-bond donors (Lipinski definition) is 1. The molecule has 5 heteroatoms. The number of primary amides is 1. The molecule has 0 spiro atoms. The molecule has 0 saturated heterocycles. The first-order valence-electron chi connectivity index (χ1n) is 11.1. The number of esters is 1. The molecule has 0 aliphatic rings. The summed E-state index contributed by atoms with van der Waals surface area (Å²) in [5, 5.41) is 0. The third-order valence-corrected chi connectivity index (χ3v) is 5.91. The Labute approximate surface area is 190 Å². The summed E-state index contributed by atoms with van der Waals surface area (Å²) in [4.78, 5) is 24.4. The number of nitrogens with zero attached hydrogens (tertiary/aromatic N) is 1. The van der Waals surface area contributed by atoms with Crippen LogP contribution in [0.15, 0.2) is 48.5 Å². The number of hydrogen-bond acceptors (Lipinski definition) is 3. The Bertz CT molecular complexity index is 1110. The predicted octanol–water partition coefficient (Wildman–Crippen LogP) is 5.44. The maximum Gasteiger partial charge on any atom is 0.337 e. The lowest BCUT2D eigenvalue weighted by Gasteiger charge is -2.14. The maximum absolute atomic E-state index is 12.6. The molecule has 2 aromatic carbocycles. The molecule has 0 aliphatic heterocycles. The molecule has 32 heavy (non-hydrogen) atoms. The van der Waals surface area contributed by atoms with Gasteiger partial charge in [0, 0.05) is 23.5 Å². The summed E-state index contributed by atoms with van der Waals surface area (Å²) in [6.07, 6.45) is 4.10. The molecule has 0 unspecified atom stereocenters. The Hall–Kier alpha value is -3.34. The minimum atomic E-state index is -0.436. The first-order chi connectivity index (χ1) is 15.4. The van der Waals surface area contributed by atoms with Gasteiger partial charge in [0.05, 0.1) is 18.2 Å². The summed E-state index contributed by atoms with van der Waals surface area (Å²) in [6, 6.07) is 15.6. The number of benzene rings is 2. The number of methoxy groups -OCH3 is 1. The van der Waals surface area contributed by atoms with Crippen LogP contribution in [0.1, 0.15) is 69.4 Å². The van der Waals surface area contributed by atoms with Crippen LogP contribution in [0.4, 0.5) is 0 Å². The average molecular weight is 433 g/mol. The highest BCUT2D eigenvalue weighted by atomic mass is 16.5. The molecule has 0 bridgehead atoms. The lowest BCUT2D eigenvalue weighted by Crippen LogP contribution is -2.13. The van der Waals surface area contributed by atoms with Crippen molar-refractivity contribution in [1.82, 2.24) is 4.57 Å². The quantitative estimate of drug-likeness (QED) is 0.361. The number of carbonyl (C=O) groups excluding carboxylic acids is 2. The summed E-state index contributed by atoms with van der Waals surface area (Å²) in [5.41, 5.74) is 13.0. The van der Waals surface area contributed by atoms with Gasteiger partial charge < -0.3 is 15.0 Å². The first-order valence-corrected chi connectivity index (χ1v) is 11.1. The van der Waals surface area contributed by atoms with Gasteiger partial charge in [0.1, 0.15) is 0 Å². The van der Waals surface area contributed by atoms with Gasteiger partial charge >= 0.3 is 5.97 Å². The fourth-order valence-corrected chi connectivity index (χ4v) is 4.31. The van der Waals surface area contributed by atoms with E-state index in [9.17, 15) is 9.59 Å². The second-order valence-electron chi connectivity index (χ2n) is 8.25. The highest BCUT2D eigenvalue weighted by Crippen LogP contribution is 2.35. The van der Waals surface area contributed by atoms with Crippen molar-refractivity contribution in [2.24, 2.45) is 5.73 Å². The Morgan fingerprint density at radius 1 is 1.03 bits per heavy atom. The van der Waals surface area contributed by atoms with Crippen molar-refractivity contribution >= 4 is 11.9 Å². The van der Waals surface area contributed by atoms with E-state index in [0.29, 0.717) is 17.7 Å². The fraction of sp³-hybridized carbons (Fsp3) is 0.333. The summed E-state index contributed by atoms with van der Waals surface area (Å²) >= 11 is 0. The second-order valence-corrected chi connectivity index (χ2v) is 8.25. The summed E-state index contributed by atoms with van der Waals surface area (Å²) < 4.78 is 7.05. The normalized spacial score (nSPS) is 10.9. The van der Waals surface area contributed by atoms with Crippen LogP contribution >= 0.6 is 0 Å². The van der Waals surface area contributed by atoms with Gasteiger partial charge in [0.25, 0.3) is 5.91 Å². The van der Waals surface area contributed by atoms with Crippen molar-refractivity contribution < 1.29 is 14.3 Å². The predicted molar refractivity (Wildman–Crippen MR) is 128 cm³/mol. The molecule has 0 fully saturated rings. The van der Waals surface area contributed by atoms with Gasteiger partial charge in [-0.1, -0.05) is 61.7 Å². The number of rotatable bonds is 9. The molecule has 0 radical (unpaired) electrons. The van der Waals surface area contributed by atoms with Gasteiger partial charge in [0.15, 0.2) is 0 Å². The second kappa shape index (κ2) is 10.3. The van der Waals surface area contributed by atoms with Crippen molar-refractivity contribution in [3.8, 4) is 11.1 Å². The van der Waals surface area contributed by atoms with Crippen LogP contribution < -0.4 is 5.73 Å². The van der Waals surface area contributed by atoms with E-state index >= 15 is 0 Å². The van der Waals surface area contributed by atoms with Gasteiger partial charge in [-0.25, -0.2) is 4.79 Å². The van der Waals surface area contributed by atoms with E-state index in [2.05, 4.69) is 42.7 Å². The van der Waals surface area contributed by atoms with Crippen LogP contribution in [-0.2, 0) is 17.7 Å². The molecule has 1 heterocycles. The average Bonchev–Trinajstić information content (AvgIpc) is 3.05. The molecule has 1 aromatic heterocycles. The van der Waals surface area contributed by atoms with Crippen LogP contribution in [0.3, 0.4) is 0 Å². The van der Waals surface area contributed by atoms with Crippen molar-refractivity contribution in [2.75, 3.05) is 7.11 Å².